The standard InChI is InChI=1S/C11H20N2O2/c1-11(2,3)9-5-12-13(6-9)7-10(14)8-15-4/h5-6,10,14H,7-8H2,1-4H3. The van der Waals surface area contributed by atoms with Gasteiger partial charge in [0.15, 0.2) is 0 Å². The molecule has 1 atom stereocenters. The second-order valence-electron chi connectivity index (χ2n) is 4.81. The summed E-state index contributed by atoms with van der Waals surface area (Å²) in [5, 5.41) is 13.7. The second kappa shape index (κ2) is 4.77. The summed E-state index contributed by atoms with van der Waals surface area (Å²) in [6.45, 7) is 7.23. The Morgan fingerprint density at radius 1 is 1.53 bits per heavy atom. The van der Waals surface area contributed by atoms with Crippen LogP contribution in [0.3, 0.4) is 0 Å². The van der Waals surface area contributed by atoms with E-state index in [0.29, 0.717) is 13.2 Å². The summed E-state index contributed by atoms with van der Waals surface area (Å²) >= 11 is 0. The Labute approximate surface area is 90.9 Å². The van der Waals surface area contributed by atoms with Gasteiger partial charge in [-0.15, -0.1) is 0 Å². The number of hydrogen-bond donors (Lipinski definition) is 1. The number of ether oxygens (including phenoxy) is 1. The lowest BCUT2D eigenvalue weighted by Crippen LogP contribution is -2.21. The van der Waals surface area contributed by atoms with E-state index in [0.717, 1.165) is 0 Å². The first-order valence-electron chi connectivity index (χ1n) is 5.13. The zero-order valence-electron chi connectivity index (χ0n) is 9.90. The van der Waals surface area contributed by atoms with Gasteiger partial charge in [0, 0.05) is 13.3 Å². The first-order chi connectivity index (χ1) is 6.93. The lowest BCUT2D eigenvalue weighted by atomic mass is 9.90. The summed E-state index contributed by atoms with van der Waals surface area (Å²) in [5.41, 5.74) is 1.27. The summed E-state index contributed by atoms with van der Waals surface area (Å²) in [4.78, 5) is 0. The van der Waals surface area contributed by atoms with E-state index < -0.39 is 6.10 Å². The Morgan fingerprint density at radius 3 is 2.67 bits per heavy atom. The molecule has 0 saturated heterocycles. The van der Waals surface area contributed by atoms with Gasteiger partial charge in [-0.05, 0) is 11.0 Å². The number of aliphatic hydroxyl groups excluding tert-OH is 1. The summed E-state index contributed by atoms with van der Waals surface area (Å²) in [5.74, 6) is 0. The smallest absolute Gasteiger partial charge is 0.0968 e. The molecular formula is C11H20N2O2. The van der Waals surface area contributed by atoms with Crippen molar-refractivity contribution in [1.82, 2.24) is 9.78 Å². The van der Waals surface area contributed by atoms with Crippen LogP contribution in [0.25, 0.3) is 0 Å². The van der Waals surface area contributed by atoms with Crippen LogP contribution in [0, 0.1) is 0 Å². The van der Waals surface area contributed by atoms with Gasteiger partial charge in [-0.3, -0.25) is 4.68 Å². The third-order valence-electron chi connectivity index (χ3n) is 2.26. The van der Waals surface area contributed by atoms with Crippen LogP contribution in [0.5, 0.6) is 0 Å². The number of aliphatic hydroxyl groups is 1. The van der Waals surface area contributed by atoms with Crippen LogP contribution in [0.2, 0.25) is 0 Å². The monoisotopic (exact) mass is 212 g/mol. The van der Waals surface area contributed by atoms with Crippen molar-refractivity contribution >= 4 is 0 Å². The van der Waals surface area contributed by atoms with Gasteiger partial charge < -0.3 is 9.84 Å². The summed E-state index contributed by atoms with van der Waals surface area (Å²) < 4.78 is 6.61. The van der Waals surface area contributed by atoms with Crippen LogP contribution in [-0.4, -0.2) is 34.7 Å². The van der Waals surface area contributed by atoms with E-state index in [2.05, 4.69) is 25.9 Å². The minimum atomic E-state index is -0.497. The van der Waals surface area contributed by atoms with Gasteiger partial charge in [0.05, 0.1) is 25.5 Å². The van der Waals surface area contributed by atoms with Crippen LogP contribution in [-0.2, 0) is 16.7 Å². The van der Waals surface area contributed by atoms with Gasteiger partial charge >= 0.3 is 0 Å². The number of methoxy groups -OCH3 is 1. The van der Waals surface area contributed by atoms with Crippen LogP contribution >= 0.6 is 0 Å². The largest absolute Gasteiger partial charge is 0.389 e. The van der Waals surface area contributed by atoms with Crippen LogP contribution in [0.4, 0.5) is 0 Å². The Kier molecular flexibility index (Phi) is 3.88. The molecule has 1 rings (SSSR count). The molecule has 0 saturated carbocycles. The van der Waals surface area contributed by atoms with Crippen molar-refractivity contribution in [3.63, 3.8) is 0 Å². The molecule has 1 N–H and O–H groups in total. The van der Waals surface area contributed by atoms with E-state index in [9.17, 15) is 5.11 Å². The Hall–Kier alpha value is -0.870. The highest BCUT2D eigenvalue weighted by molar-refractivity contribution is 5.15. The Balaban J connectivity index is 2.61. The number of nitrogens with zero attached hydrogens (tertiary/aromatic N) is 2. The first kappa shape index (κ1) is 12.2. The molecule has 0 fully saturated rings. The SMILES string of the molecule is COCC(O)Cn1cc(C(C)(C)C)cn1. The highest BCUT2D eigenvalue weighted by atomic mass is 16.5. The Morgan fingerprint density at radius 2 is 2.20 bits per heavy atom. The number of hydrogen-bond acceptors (Lipinski definition) is 3. The van der Waals surface area contributed by atoms with Crippen molar-refractivity contribution in [3.05, 3.63) is 18.0 Å². The van der Waals surface area contributed by atoms with Gasteiger partial charge in [0.2, 0.25) is 0 Å². The zero-order valence-corrected chi connectivity index (χ0v) is 9.90. The molecule has 0 bridgehead atoms. The van der Waals surface area contributed by atoms with Crippen molar-refractivity contribution in [3.8, 4) is 0 Å². The van der Waals surface area contributed by atoms with Gasteiger partial charge in [0.1, 0.15) is 0 Å². The molecule has 86 valence electrons. The number of aromatic nitrogens is 2. The highest BCUT2D eigenvalue weighted by Gasteiger charge is 2.16. The molecule has 0 aliphatic rings. The second-order valence-corrected chi connectivity index (χ2v) is 4.81. The topological polar surface area (TPSA) is 47.3 Å². The van der Waals surface area contributed by atoms with Crippen LogP contribution in [0.1, 0.15) is 26.3 Å². The number of rotatable bonds is 4. The molecular weight excluding hydrogens is 192 g/mol. The maximum atomic E-state index is 9.53. The summed E-state index contributed by atoms with van der Waals surface area (Å²) in [7, 11) is 1.58. The lowest BCUT2D eigenvalue weighted by Gasteiger charge is -2.15. The van der Waals surface area contributed by atoms with Crippen molar-refractivity contribution in [2.45, 2.75) is 38.8 Å². The van der Waals surface area contributed by atoms with E-state index in [1.807, 2.05) is 12.4 Å². The van der Waals surface area contributed by atoms with E-state index in [1.54, 1.807) is 11.8 Å². The van der Waals surface area contributed by atoms with E-state index in [-0.39, 0.29) is 5.41 Å². The third kappa shape index (κ3) is 3.64. The fourth-order valence-electron chi connectivity index (χ4n) is 1.31. The third-order valence-corrected chi connectivity index (χ3v) is 2.26. The predicted molar refractivity (Wildman–Crippen MR) is 58.8 cm³/mol. The van der Waals surface area contributed by atoms with Gasteiger partial charge in [-0.1, -0.05) is 20.8 Å². The highest BCUT2D eigenvalue weighted by Crippen LogP contribution is 2.20. The maximum absolute atomic E-state index is 9.53. The molecule has 1 aromatic rings. The fraction of sp³-hybridized carbons (Fsp3) is 0.727. The summed E-state index contributed by atoms with van der Waals surface area (Å²) in [6, 6.07) is 0. The van der Waals surface area contributed by atoms with Crippen molar-refractivity contribution in [1.29, 1.82) is 0 Å². The molecule has 4 nitrogen and oxygen atoms in total. The molecule has 15 heavy (non-hydrogen) atoms. The average molecular weight is 212 g/mol. The quantitative estimate of drug-likeness (QED) is 0.815. The van der Waals surface area contributed by atoms with Gasteiger partial charge in [-0.25, -0.2) is 0 Å². The molecule has 1 unspecified atom stereocenters. The molecule has 4 heteroatoms. The van der Waals surface area contributed by atoms with Gasteiger partial charge in [-0.2, -0.15) is 5.10 Å². The zero-order chi connectivity index (χ0) is 11.5. The van der Waals surface area contributed by atoms with E-state index in [1.165, 1.54) is 5.56 Å². The van der Waals surface area contributed by atoms with E-state index in [4.69, 9.17) is 4.74 Å². The lowest BCUT2D eigenvalue weighted by molar-refractivity contribution is 0.0514. The van der Waals surface area contributed by atoms with Crippen LogP contribution in [0.15, 0.2) is 12.4 Å². The summed E-state index contributed by atoms with van der Waals surface area (Å²) in [6.07, 6.45) is 3.32. The minimum absolute atomic E-state index is 0.102. The van der Waals surface area contributed by atoms with Crippen molar-refractivity contribution in [2.24, 2.45) is 0 Å². The predicted octanol–water partition coefficient (Wildman–Crippen LogP) is 1.19. The van der Waals surface area contributed by atoms with Crippen molar-refractivity contribution < 1.29 is 9.84 Å². The fourth-order valence-corrected chi connectivity index (χ4v) is 1.31. The van der Waals surface area contributed by atoms with E-state index >= 15 is 0 Å². The Bertz CT molecular complexity index is 302. The van der Waals surface area contributed by atoms with Crippen LogP contribution < -0.4 is 0 Å². The normalized spacial score (nSPS) is 14.2. The first-order valence-corrected chi connectivity index (χ1v) is 5.13. The van der Waals surface area contributed by atoms with Crippen molar-refractivity contribution in [2.75, 3.05) is 13.7 Å². The molecule has 1 aromatic heterocycles. The maximum Gasteiger partial charge on any atom is 0.0968 e. The molecule has 0 radical (unpaired) electrons. The molecule has 0 spiro atoms. The molecule has 1 heterocycles. The molecule has 0 aromatic carbocycles. The average Bonchev–Trinajstić information content (AvgIpc) is 2.52. The molecule has 0 amide bonds. The van der Waals surface area contributed by atoms with Gasteiger partial charge in [0.25, 0.3) is 0 Å². The molecule has 0 aliphatic carbocycles. The molecule has 0 aliphatic heterocycles. The minimum Gasteiger partial charge on any atom is -0.389 e.